The van der Waals surface area contributed by atoms with Crippen LogP contribution in [0.15, 0.2) is 0 Å². The largest absolute Gasteiger partial charge is 0.469 e. The van der Waals surface area contributed by atoms with E-state index in [1.165, 1.54) is 57.8 Å². The fourth-order valence-electron chi connectivity index (χ4n) is 3.23. The van der Waals surface area contributed by atoms with Crippen molar-refractivity contribution in [1.82, 2.24) is 0 Å². The molecule has 0 saturated carbocycles. The van der Waals surface area contributed by atoms with Gasteiger partial charge in [-0.3, -0.25) is 14.1 Å². The van der Waals surface area contributed by atoms with E-state index in [-0.39, 0.29) is 19.4 Å². The second-order valence-corrected chi connectivity index (χ2v) is 9.42. The van der Waals surface area contributed by atoms with Crippen molar-refractivity contribution in [2.24, 2.45) is 0 Å². The zero-order valence-corrected chi connectivity index (χ0v) is 20.7. The molecule has 32 heavy (non-hydrogen) atoms. The molecule has 8 nitrogen and oxygen atoms in total. The Morgan fingerprint density at radius 1 is 0.781 bits per heavy atom. The smallest absolute Gasteiger partial charge is 0.462 e. The third-order valence-corrected chi connectivity index (χ3v) is 5.51. The second kappa shape index (κ2) is 20.6. The van der Waals surface area contributed by atoms with Crippen LogP contribution in [0.4, 0.5) is 0 Å². The number of carbonyl (C=O) groups is 2. The van der Waals surface area contributed by atoms with E-state index in [2.05, 4.69) is 18.4 Å². The zero-order chi connectivity index (χ0) is 24.1. The summed E-state index contributed by atoms with van der Waals surface area (Å²) in [4.78, 5) is 41.1. The lowest BCUT2D eigenvalue weighted by Crippen LogP contribution is -2.29. The van der Waals surface area contributed by atoms with Gasteiger partial charge >= 0.3 is 19.8 Å². The van der Waals surface area contributed by atoms with Crippen molar-refractivity contribution < 1.29 is 37.9 Å². The second-order valence-electron chi connectivity index (χ2n) is 8.18. The molecule has 0 aromatic carbocycles. The Hall–Kier alpha value is -0.950. The minimum Gasteiger partial charge on any atom is -0.462 e. The van der Waals surface area contributed by atoms with E-state index in [1.807, 2.05) is 0 Å². The molecule has 0 bridgehead atoms. The number of phosphoric ester groups is 1. The third kappa shape index (κ3) is 22.3. The van der Waals surface area contributed by atoms with Crippen LogP contribution >= 0.6 is 7.82 Å². The lowest BCUT2D eigenvalue weighted by Gasteiger charge is -2.18. The SMILES string of the molecule is [CH2-]CCC(=O)OC[C@H](COP(=O)(O)O)OC(=O)CCCCCCCCCCCCCCC. The molecule has 0 aliphatic heterocycles. The fourth-order valence-corrected chi connectivity index (χ4v) is 3.59. The molecular formula is C23H44O8P-. The van der Waals surface area contributed by atoms with E-state index in [1.54, 1.807) is 0 Å². The van der Waals surface area contributed by atoms with Crippen LogP contribution in [0, 0.1) is 6.92 Å². The van der Waals surface area contributed by atoms with E-state index in [0.29, 0.717) is 12.8 Å². The molecule has 0 unspecified atom stereocenters. The first kappa shape index (κ1) is 31.0. The highest BCUT2D eigenvalue weighted by molar-refractivity contribution is 7.46. The first-order chi connectivity index (χ1) is 15.3. The van der Waals surface area contributed by atoms with Gasteiger partial charge in [-0.15, -0.1) is 0 Å². The van der Waals surface area contributed by atoms with Crippen molar-refractivity contribution in [3.8, 4) is 0 Å². The molecule has 1 atom stereocenters. The first-order valence-electron chi connectivity index (χ1n) is 12.1. The summed E-state index contributed by atoms with van der Waals surface area (Å²) >= 11 is 0. The monoisotopic (exact) mass is 479 g/mol. The minimum absolute atomic E-state index is 0.110. The summed E-state index contributed by atoms with van der Waals surface area (Å²) in [5.74, 6) is -1.02. The predicted molar refractivity (Wildman–Crippen MR) is 124 cm³/mol. The van der Waals surface area contributed by atoms with Crippen LogP contribution in [0.1, 0.15) is 110 Å². The maximum atomic E-state index is 12.0. The molecule has 2 N–H and O–H groups in total. The van der Waals surface area contributed by atoms with E-state index >= 15 is 0 Å². The third-order valence-electron chi connectivity index (χ3n) is 5.02. The summed E-state index contributed by atoms with van der Waals surface area (Å²) in [6.07, 6.45) is 15.3. The summed E-state index contributed by atoms with van der Waals surface area (Å²) in [5.41, 5.74) is 0. The highest BCUT2D eigenvalue weighted by atomic mass is 31.2. The first-order valence-corrected chi connectivity index (χ1v) is 13.7. The normalized spacial score (nSPS) is 12.5. The molecule has 0 saturated heterocycles. The van der Waals surface area contributed by atoms with Gasteiger partial charge in [0.2, 0.25) is 0 Å². The lowest BCUT2D eigenvalue weighted by atomic mass is 10.0. The van der Waals surface area contributed by atoms with Gasteiger partial charge in [-0.1, -0.05) is 84.0 Å². The van der Waals surface area contributed by atoms with Crippen molar-refractivity contribution in [3.63, 3.8) is 0 Å². The summed E-state index contributed by atoms with van der Waals surface area (Å²) in [5, 5.41) is 0. The summed E-state index contributed by atoms with van der Waals surface area (Å²) < 4.78 is 25.4. The molecule has 0 fully saturated rings. The van der Waals surface area contributed by atoms with Crippen LogP contribution in [0.25, 0.3) is 0 Å². The summed E-state index contributed by atoms with van der Waals surface area (Å²) in [6.45, 7) is 4.91. The Bertz CT molecular complexity index is 520. The van der Waals surface area contributed by atoms with Crippen LogP contribution in [0.5, 0.6) is 0 Å². The molecule has 0 aromatic heterocycles. The predicted octanol–water partition coefficient (Wildman–Crippen LogP) is 5.65. The number of unbranched alkanes of at least 4 members (excludes halogenated alkanes) is 12. The van der Waals surface area contributed by atoms with Gasteiger partial charge in [0.15, 0.2) is 6.10 Å². The van der Waals surface area contributed by atoms with Crippen LogP contribution in [0.3, 0.4) is 0 Å². The standard InChI is InChI=1S/C23H44O8P/c1-3-5-6-7-8-9-10-11-12-13-14-15-16-18-23(25)31-21(20-30-32(26,27)28)19-29-22(24)17-4-2/h21H,2-20H2,1H3,(H2,26,27,28)/q-1/t21-/m1/s1. The molecular weight excluding hydrogens is 435 g/mol. The molecule has 0 heterocycles. The number of hydrogen-bond acceptors (Lipinski definition) is 6. The summed E-state index contributed by atoms with van der Waals surface area (Å²) in [7, 11) is -4.72. The number of phosphoric acid groups is 1. The highest BCUT2D eigenvalue weighted by Crippen LogP contribution is 2.35. The topological polar surface area (TPSA) is 119 Å². The Labute approximate surface area is 194 Å². The van der Waals surface area contributed by atoms with E-state index < -0.39 is 32.5 Å². The maximum absolute atomic E-state index is 12.0. The zero-order valence-electron chi connectivity index (χ0n) is 19.8. The van der Waals surface area contributed by atoms with E-state index in [0.717, 1.165) is 19.3 Å². The number of ether oxygens (including phenoxy) is 2. The number of carbonyl (C=O) groups excluding carboxylic acids is 2. The van der Waals surface area contributed by atoms with E-state index in [9.17, 15) is 14.2 Å². The van der Waals surface area contributed by atoms with Gasteiger partial charge in [-0.05, 0) is 6.42 Å². The lowest BCUT2D eigenvalue weighted by molar-refractivity contribution is -0.161. The molecule has 0 aromatic rings. The quantitative estimate of drug-likeness (QED) is 0.0885. The van der Waals surface area contributed by atoms with Crippen molar-refractivity contribution in [3.05, 3.63) is 6.92 Å². The molecule has 0 aliphatic carbocycles. The number of rotatable bonds is 22. The molecule has 0 rings (SSSR count). The molecule has 190 valence electrons. The molecule has 0 aliphatic rings. The molecule has 0 radical (unpaired) electrons. The van der Waals surface area contributed by atoms with Crippen LogP contribution in [-0.2, 0) is 28.2 Å². The molecule has 0 amide bonds. The van der Waals surface area contributed by atoms with Crippen molar-refractivity contribution >= 4 is 19.8 Å². The molecule has 0 spiro atoms. The van der Waals surface area contributed by atoms with Gasteiger partial charge in [0.05, 0.1) is 6.61 Å². The van der Waals surface area contributed by atoms with Gasteiger partial charge < -0.3 is 26.2 Å². The fraction of sp³-hybridized carbons (Fsp3) is 0.870. The minimum atomic E-state index is -4.72. The molecule has 9 heteroatoms. The average Bonchev–Trinajstić information content (AvgIpc) is 2.73. The van der Waals surface area contributed by atoms with Gasteiger partial charge in [-0.2, -0.15) is 6.42 Å². The van der Waals surface area contributed by atoms with Crippen molar-refractivity contribution in [2.45, 2.75) is 116 Å². The number of esters is 2. The Kier molecular flexibility index (Phi) is 20.0. The Balaban J connectivity index is 3.87. The highest BCUT2D eigenvalue weighted by Gasteiger charge is 2.22. The van der Waals surface area contributed by atoms with Gasteiger partial charge in [0.1, 0.15) is 6.61 Å². The number of hydrogen-bond donors (Lipinski definition) is 2. The van der Waals surface area contributed by atoms with Gasteiger partial charge in [0.25, 0.3) is 0 Å². The maximum Gasteiger partial charge on any atom is 0.469 e. The Morgan fingerprint density at radius 3 is 1.75 bits per heavy atom. The van der Waals surface area contributed by atoms with Crippen LogP contribution in [-0.4, -0.2) is 41.0 Å². The van der Waals surface area contributed by atoms with E-state index in [4.69, 9.17) is 19.3 Å². The van der Waals surface area contributed by atoms with Crippen LogP contribution < -0.4 is 0 Å². The van der Waals surface area contributed by atoms with Gasteiger partial charge in [0, 0.05) is 12.8 Å². The van der Waals surface area contributed by atoms with Crippen molar-refractivity contribution in [1.29, 1.82) is 0 Å². The average molecular weight is 480 g/mol. The van der Waals surface area contributed by atoms with Crippen LogP contribution in [0.2, 0.25) is 0 Å². The van der Waals surface area contributed by atoms with Gasteiger partial charge in [-0.25, -0.2) is 4.57 Å². The van der Waals surface area contributed by atoms with Crippen molar-refractivity contribution in [2.75, 3.05) is 13.2 Å². The Morgan fingerprint density at radius 2 is 1.28 bits per heavy atom. The summed E-state index contributed by atoms with van der Waals surface area (Å²) in [6, 6.07) is 0.